The molecule has 1 aromatic carbocycles. The van der Waals surface area contributed by atoms with Crippen LogP contribution in [-0.2, 0) is 16.6 Å². The number of rotatable bonds is 5. The summed E-state index contributed by atoms with van der Waals surface area (Å²) in [7, 11) is 0. The largest absolute Gasteiger partial charge is 0.339 e. The van der Waals surface area contributed by atoms with Crippen molar-refractivity contribution in [2.45, 2.75) is 71.8 Å². The molecular formula is C27H37FN4O2. The predicted molar refractivity (Wildman–Crippen MR) is 130 cm³/mol. The Labute approximate surface area is 201 Å². The van der Waals surface area contributed by atoms with Crippen LogP contribution in [0.25, 0.3) is 0 Å². The molecule has 4 rings (SSSR count). The highest BCUT2D eigenvalue weighted by molar-refractivity contribution is 5.93. The molecule has 6 nitrogen and oxygen atoms in total. The van der Waals surface area contributed by atoms with Crippen LogP contribution in [0, 0.1) is 17.2 Å². The fraction of sp³-hybridized carbons (Fsp3) is 0.593. The van der Waals surface area contributed by atoms with Gasteiger partial charge in [0.25, 0.3) is 5.91 Å². The van der Waals surface area contributed by atoms with Crippen molar-refractivity contribution in [3.8, 4) is 0 Å². The van der Waals surface area contributed by atoms with Gasteiger partial charge in [0.05, 0.1) is 5.41 Å². The van der Waals surface area contributed by atoms with Crippen LogP contribution >= 0.6 is 0 Å². The number of amides is 2. The molecule has 1 aromatic heterocycles. The second kappa shape index (κ2) is 9.16. The van der Waals surface area contributed by atoms with E-state index in [0.717, 1.165) is 30.6 Å². The minimum atomic E-state index is -0.418. The van der Waals surface area contributed by atoms with Gasteiger partial charge in [-0.15, -0.1) is 0 Å². The average molecular weight is 469 g/mol. The van der Waals surface area contributed by atoms with Crippen LogP contribution in [0.5, 0.6) is 0 Å². The number of halogens is 1. The summed E-state index contributed by atoms with van der Waals surface area (Å²) >= 11 is 0. The monoisotopic (exact) mass is 468 g/mol. The number of nitrogens with one attached hydrogen (secondary N) is 1. The van der Waals surface area contributed by atoms with Gasteiger partial charge in [-0.25, -0.2) is 4.39 Å². The first-order valence-electron chi connectivity index (χ1n) is 12.4. The summed E-state index contributed by atoms with van der Waals surface area (Å²) in [6, 6.07) is 8.54. The number of carbonyl (C=O) groups excluding carboxylic acids is 2. The van der Waals surface area contributed by atoms with Crippen molar-refractivity contribution in [2.75, 3.05) is 19.6 Å². The highest BCUT2D eigenvalue weighted by Gasteiger charge is 2.52. The molecule has 184 valence electrons. The summed E-state index contributed by atoms with van der Waals surface area (Å²) in [5.74, 6) is 0.266. The van der Waals surface area contributed by atoms with Crippen molar-refractivity contribution in [2.24, 2.45) is 11.3 Å². The van der Waals surface area contributed by atoms with Crippen molar-refractivity contribution in [1.82, 2.24) is 20.0 Å². The minimum Gasteiger partial charge on any atom is -0.339 e. The van der Waals surface area contributed by atoms with Crippen LogP contribution in [0.15, 0.2) is 30.3 Å². The lowest BCUT2D eigenvalue weighted by Crippen LogP contribution is -2.47. The first kappa shape index (κ1) is 24.4. The van der Waals surface area contributed by atoms with Gasteiger partial charge in [-0.3, -0.25) is 14.7 Å². The van der Waals surface area contributed by atoms with Crippen LogP contribution in [0.2, 0.25) is 0 Å². The first-order chi connectivity index (χ1) is 16.0. The van der Waals surface area contributed by atoms with E-state index in [-0.39, 0.29) is 29.1 Å². The Bertz CT molecular complexity index is 1030. The number of carbonyl (C=O) groups is 2. The maximum atomic E-state index is 13.7. The summed E-state index contributed by atoms with van der Waals surface area (Å²) < 4.78 is 13.4. The second-order valence-corrected chi connectivity index (χ2v) is 11.5. The number of aromatic nitrogens is 2. The molecule has 3 heterocycles. The lowest BCUT2D eigenvalue weighted by atomic mass is 9.75. The summed E-state index contributed by atoms with van der Waals surface area (Å²) in [6.45, 7) is 12.3. The average Bonchev–Trinajstić information content (AvgIpc) is 3.36. The van der Waals surface area contributed by atoms with Crippen molar-refractivity contribution in [3.05, 3.63) is 53.1 Å². The molecule has 34 heavy (non-hydrogen) atoms. The van der Waals surface area contributed by atoms with Gasteiger partial charge < -0.3 is 9.80 Å². The summed E-state index contributed by atoms with van der Waals surface area (Å²) in [4.78, 5) is 30.6. The zero-order chi connectivity index (χ0) is 24.7. The Morgan fingerprint density at radius 2 is 1.85 bits per heavy atom. The molecule has 0 bridgehead atoms. The Balaban J connectivity index is 1.46. The number of likely N-dealkylation sites (tertiary alicyclic amines) is 2. The highest BCUT2D eigenvalue weighted by atomic mass is 19.1. The van der Waals surface area contributed by atoms with Gasteiger partial charge in [-0.1, -0.05) is 46.8 Å². The van der Waals surface area contributed by atoms with E-state index in [1.54, 1.807) is 0 Å². The maximum absolute atomic E-state index is 13.7. The van der Waals surface area contributed by atoms with Crippen molar-refractivity contribution >= 4 is 11.8 Å². The first-order valence-corrected chi connectivity index (χ1v) is 12.4. The van der Waals surface area contributed by atoms with Crippen LogP contribution in [-0.4, -0.2) is 57.5 Å². The standard InChI is InChI=1S/C27H37FN4O2/c1-18(2)17-32-21(14-19-6-8-20(28)9-7-19)16-27(25(32)34)10-12-31(13-11-27)24(33)22-15-23(30-29-22)26(3,4)5/h6-9,15,18,21H,10-14,16-17H2,1-5H3,(H,29,30)/t21-/m0/s1. The fourth-order valence-corrected chi connectivity index (χ4v) is 5.35. The van der Waals surface area contributed by atoms with E-state index in [0.29, 0.717) is 37.5 Å². The van der Waals surface area contributed by atoms with E-state index in [2.05, 4.69) is 49.7 Å². The van der Waals surface area contributed by atoms with Gasteiger partial charge in [0.2, 0.25) is 5.91 Å². The van der Waals surface area contributed by atoms with E-state index >= 15 is 0 Å². The second-order valence-electron chi connectivity index (χ2n) is 11.5. The third-order valence-corrected chi connectivity index (χ3v) is 7.34. The van der Waals surface area contributed by atoms with Crippen molar-refractivity contribution in [1.29, 1.82) is 0 Å². The summed E-state index contributed by atoms with van der Waals surface area (Å²) in [6.07, 6.45) is 2.85. The van der Waals surface area contributed by atoms with Gasteiger partial charge in [0.1, 0.15) is 11.5 Å². The Kier molecular flexibility index (Phi) is 6.58. The number of hydrogen-bond donors (Lipinski definition) is 1. The molecule has 1 atom stereocenters. The van der Waals surface area contributed by atoms with E-state index in [4.69, 9.17) is 0 Å². The zero-order valence-electron chi connectivity index (χ0n) is 21.0. The smallest absolute Gasteiger partial charge is 0.274 e. The Hall–Kier alpha value is -2.70. The number of H-pyrrole nitrogens is 1. The van der Waals surface area contributed by atoms with Crippen LogP contribution in [0.4, 0.5) is 4.39 Å². The Morgan fingerprint density at radius 1 is 1.21 bits per heavy atom. The lowest BCUT2D eigenvalue weighted by Gasteiger charge is -2.37. The number of piperidine rings is 1. The number of aromatic amines is 1. The zero-order valence-corrected chi connectivity index (χ0v) is 21.0. The van der Waals surface area contributed by atoms with Gasteiger partial charge >= 0.3 is 0 Å². The molecule has 7 heteroatoms. The molecule has 2 amide bonds. The van der Waals surface area contributed by atoms with E-state index in [9.17, 15) is 14.0 Å². The van der Waals surface area contributed by atoms with Gasteiger partial charge in [0, 0.05) is 36.8 Å². The molecule has 1 N–H and O–H groups in total. The maximum Gasteiger partial charge on any atom is 0.274 e. The summed E-state index contributed by atoms with van der Waals surface area (Å²) in [5, 5.41) is 7.25. The third kappa shape index (κ3) is 4.89. The molecule has 0 aliphatic carbocycles. The molecule has 2 saturated heterocycles. The van der Waals surface area contributed by atoms with Crippen LogP contribution < -0.4 is 0 Å². The van der Waals surface area contributed by atoms with Gasteiger partial charge in [-0.2, -0.15) is 5.10 Å². The minimum absolute atomic E-state index is 0.0751. The summed E-state index contributed by atoms with van der Waals surface area (Å²) in [5.41, 5.74) is 1.90. The lowest BCUT2D eigenvalue weighted by molar-refractivity contribution is -0.139. The number of hydrogen-bond acceptors (Lipinski definition) is 3. The normalized spacial score (nSPS) is 20.6. The molecule has 2 aliphatic rings. The SMILES string of the molecule is CC(C)CN1C(=O)C2(CCN(C(=O)c3cc(C(C)(C)C)[nH]n3)CC2)C[C@@H]1Cc1ccc(F)cc1. The molecule has 0 saturated carbocycles. The number of nitrogens with zero attached hydrogens (tertiary/aromatic N) is 3. The fourth-order valence-electron chi connectivity index (χ4n) is 5.35. The van der Waals surface area contributed by atoms with E-state index < -0.39 is 5.41 Å². The number of benzene rings is 1. The topological polar surface area (TPSA) is 69.3 Å². The van der Waals surface area contributed by atoms with Crippen LogP contribution in [0.1, 0.15) is 75.6 Å². The molecule has 0 unspecified atom stereocenters. The highest BCUT2D eigenvalue weighted by Crippen LogP contribution is 2.45. The quantitative estimate of drug-likeness (QED) is 0.699. The van der Waals surface area contributed by atoms with E-state index in [1.807, 2.05) is 23.1 Å². The molecular weight excluding hydrogens is 431 g/mol. The predicted octanol–water partition coefficient (Wildman–Crippen LogP) is 4.57. The van der Waals surface area contributed by atoms with Gasteiger partial charge in [-0.05, 0) is 55.4 Å². The molecule has 2 aromatic rings. The van der Waals surface area contributed by atoms with Crippen molar-refractivity contribution < 1.29 is 14.0 Å². The molecule has 0 radical (unpaired) electrons. The molecule has 2 aliphatic heterocycles. The molecule has 2 fully saturated rings. The third-order valence-electron chi connectivity index (χ3n) is 7.34. The van der Waals surface area contributed by atoms with Crippen molar-refractivity contribution in [3.63, 3.8) is 0 Å². The van der Waals surface area contributed by atoms with Crippen LogP contribution in [0.3, 0.4) is 0 Å². The molecule has 1 spiro atoms. The Morgan fingerprint density at radius 3 is 2.41 bits per heavy atom. The van der Waals surface area contributed by atoms with E-state index in [1.165, 1.54) is 12.1 Å². The van der Waals surface area contributed by atoms with Gasteiger partial charge in [0.15, 0.2) is 0 Å².